The molecule has 1 amide bonds. The fourth-order valence-corrected chi connectivity index (χ4v) is 3.25. The van der Waals surface area contributed by atoms with E-state index in [1.807, 2.05) is 0 Å². The molecule has 1 aromatic carbocycles. The highest BCUT2D eigenvalue weighted by molar-refractivity contribution is 5.78. The summed E-state index contributed by atoms with van der Waals surface area (Å²) in [5.41, 5.74) is 11.0. The van der Waals surface area contributed by atoms with Gasteiger partial charge >= 0.3 is 6.36 Å². The third-order valence-electron chi connectivity index (χ3n) is 5.04. The van der Waals surface area contributed by atoms with Gasteiger partial charge in [-0.25, -0.2) is 9.66 Å². The Hall–Kier alpha value is -4.02. The summed E-state index contributed by atoms with van der Waals surface area (Å²) >= 11 is 0. The second kappa shape index (κ2) is 10.3. The average molecular weight is 475 g/mol. The van der Waals surface area contributed by atoms with E-state index in [1.165, 1.54) is 29.1 Å². The second-order valence-electron chi connectivity index (χ2n) is 7.62. The maximum Gasteiger partial charge on any atom is 0.573 e. The number of nitrogens with two attached hydrogens (primary N) is 1. The number of benzene rings is 1. The quantitative estimate of drug-likeness (QED) is 0.462. The molecule has 34 heavy (non-hydrogen) atoms. The second-order valence-corrected chi connectivity index (χ2v) is 7.62. The van der Waals surface area contributed by atoms with Crippen molar-refractivity contribution >= 4 is 11.7 Å². The smallest absolute Gasteiger partial charge is 0.406 e. The molecule has 0 fully saturated rings. The van der Waals surface area contributed by atoms with Crippen LogP contribution in [0.3, 0.4) is 0 Å². The van der Waals surface area contributed by atoms with Gasteiger partial charge in [0.1, 0.15) is 11.6 Å². The summed E-state index contributed by atoms with van der Waals surface area (Å²) in [6, 6.07) is 10.5. The number of aryl methyl sites for hydroxylation is 2. The van der Waals surface area contributed by atoms with E-state index in [1.54, 1.807) is 38.1 Å². The SMILES string of the molecule is Cc1ccn(NCc2cccc(OC(F)(F)F)c2)c(=O)c1CC(=O)NCc1ccc(N)nc1C. The van der Waals surface area contributed by atoms with Gasteiger partial charge in [-0.15, -0.1) is 13.2 Å². The molecule has 4 N–H and O–H groups in total. The molecule has 0 aliphatic heterocycles. The number of halogens is 3. The highest BCUT2D eigenvalue weighted by Crippen LogP contribution is 2.23. The summed E-state index contributed by atoms with van der Waals surface area (Å²) in [5, 5.41) is 2.77. The first kappa shape index (κ1) is 24.6. The Morgan fingerprint density at radius 3 is 2.62 bits per heavy atom. The van der Waals surface area contributed by atoms with Crippen LogP contribution in [0, 0.1) is 13.8 Å². The van der Waals surface area contributed by atoms with Crippen molar-refractivity contribution in [3.63, 3.8) is 0 Å². The molecular weight excluding hydrogens is 451 g/mol. The van der Waals surface area contributed by atoms with Gasteiger partial charge in [0.15, 0.2) is 0 Å². The summed E-state index contributed by atoms with van der Waals surface area (Å²) in [6.07, 6.45) is -3.43. The number of rotatable bonds is 8. The number of hydrogen-bond donors (Lipinski definition) is 3. The number of pyridine rings is 2. The van der Waals surface area contributed by atoms with E-state index in [0.29, 0.717) is 28.2 Å². The third kappa shape index (κ3) is 6.74. The highest BCUT2D eigenvalue weighted by Gasteiger charge is 2.31. The number of amides is 1. The molecule has 2 heterocycles. The topological polar surface area (TPSA) is 111 Å². The maximum absolute atomic E-state index is 12.9. The molecule has 3 aromatic rings. The zero-order valence-corrected chi connectivity index (χ0v) is 18.6. The number of anilines is 1. The fourth-order valence-electron chi connectivity index (χ4n) is 3.25. The van der Waals surface area contributed by atoms with Crippen molar-refractivity contribution in [1.29, 1.82) is 0 Å². The zero-order chi connectivity index (χ0) is 24.9. The van der Waals surface area contributed by atoms with E-state index in [2.05, 4.69) is 20.5 Å². The van der Waals surface area contributed by atoms with Crippen LogP contribution < -0.4 is 26.8 Å². The Bertz CT molecular complexity index is 1240. The van der Waals surface area contributed by atoms with E-state index < -0.39 is 11.9 Å². The molecule has 0 atom stereocenters. The molecular formula is C23H24F3N5O3. The zero-order valence-electron chi connectivity index (χ0n) is 18.6. The van der Waals surface area contributed by atoms with Gasteiger partial charge in [-0.3, -0.25) is 9.59 Å². The first-order valence-electron chi connectivity index (χ1n) is 10.3. The van der Waals surface area contributed by atoms with E-state index in [0.717, 1.165) is 5.56 Å². The fraction of sp³-hybridized carbons (Fsp3) is 0.261. The van der Waals surface area contributed by atoms with Crippen LogP contribution in [0.15, 0.2) is 53.5 Å². The Kier molecular flexibility index (Phi) is 7.44. The number of nitrogens with one attached hydrogen (secondary N) is 2. The van der Waals surface area contributed by atoms with Crippen LogP contribution in [-0.4, -0.2) is 21.9 Å². The lowest BCUT2D eigenvalue weighted by molar-refractivity contribution is -0.274. The average Bonchev–Trinajstić information content (AvgIpc) is 2.74. The van der Waals surface area contributed by atoms with E-state index in [-0.39, 0.29) is 31.2 Å². The summed E-state index contributed by atoms with van der Waals surface area (Å²) in [7, 11) is 0. The highest BCUT2D eigenvalue weighted by atomic mass is 19.4. The summed E-state index contributed by atoms with van der Waals surface area (Å²) < 4.78 is 42.4. The first-order valence-corrected chi connectivity index (χ1v) is 10.3. The predicted molar refractivity (Wildman–Crippen MR) is 121 cm³/mol. The Labute approximate surface area is 193 Å². The minimum absolute atomic E-state index is 0.0626. The number of nitrogens with zero attached hydrogens (tertiary/aromatic N) is 2. The number of hydrogen-bond acceptors (Lipinski definition) is 6. The van der Waals surface area contributed by atoms with Gasteiger partial charge in [0.25, 0.3) is 5.56 Å². The van der Waals surface area contributed by atoms with Crippen molar-refractivity contribution < 1.29 is 22.7 Å². The molecule has 0 radical (unpaired) electrons. The molecule has 0 saturated heterocycles. The summed E-state index contributed by atoms with van der Waals surface area (Å²) in [6.45, 7) is 3.81. The van der Waals surface area contributed by atoms with E-state index in [4.69, 9.17) is 5.73 Å². The van der Waals surface area contributed by atoms with Crippen molar-refractivity contribution in [3.05, 3.63) is 87.0 Å². The molecule has 11 heteroatoms. The van der Waals surface area contributed by atoms with Crippen LogP contribution in [-0.2, 0) is 24.3 Å². The molecule has 0 bridgehead atoms. The lowest BCUT2D eigenvalue weighted by Gasteiger charge is -2.14. The van der Waals surface area contributed by atoms with Crippen molar-refractivity contribution in [2.24, 2.45) is 0 Å². The van der Waals surface area contributed by atoms with E-state index >= 15 is 0 Å². The van der Waals surface area contributed by atoms with Gasteiger partial charge in [-0.1, -0.05) is 18.2 Å². The van der Waals surface area contributed by atoms with E-state index in [9.17, 15) is 22.8 Å². The summed E-state index contributed by atoms with van der Waals surface area (Å²) in [4.78, 5) is 29.5. The van der Waals surface area contributed by atoms with Crippen LogP contribution in [0.25, 0.3) is 0 Å². The normalized spacial score (nSPS) is 11.2. The Balaban J connectivity index is 1.66. The first-order chi connectivity index (χ1) is 16.0. The maximum atomic E-state index is 12.9. The number of alkyl halides is 3. The van der Waals surface area contributed by atoms with Crippen LogP contribution in [0.4, 0.5) is 19.0 Å². The molecule has 0 unspecified atom stereocenters. The van der Waals surface area contributed by atoms with Crippen LogP contribution in [0.2, 0.25) is 0 Å². The lowest BCUT2D eigenvalue weighted by atomic mass is 10.1. The van der Waals surface area contributed by atoms with Gasteiger partial charge < -0.3 is 21.2 Å². The van der Waals surface area contributed by atoms with Crippen LogP contribution in [0.5, 0.6) is 5.75 Å². The third-order valence-corrected chi connectivity index (χ3v) is 5.04. The van der Waals surface area contributed by atoms with Crippen LogP contribution >= 0.6 is 0 Å². The number of nitrogen functional groups attached to an aromatic ring is 1. The summed E-state index contributed by atoms with van der Waals surface area (Å²) in [5.74, 6) is -0.307. The monoisotopic (exact) mass is 475 g/mol. The van der Waals surface area contributed by atoms with Gasteiger partial charge in [-0.05, 0) is 54.8 Å². The van der Waals surface area contributed by atoms with Gasteiger partial charge in [0, 0.05) is 24.0 Å². The number of carbonyl (C=O) groups excluding carboxylic acids is 1. The van der Waals surface area contributed by atoms with Crippen molar-refractivity contribution in [1.82, 2.24) is 15.0 Å². The van der Waals surface area contributed by atoms with Crippen molar-refractivity contribution in [2.45, 2.75) is 39.7 Å². The standard InChI is InChI=1S/C23H24F3N5O3/c1-14-8-9-31(29-12-16-4-3-5-18(10-16)34-23(24,25)26)22(33)19(14)11-21(32)28-13-17-6-7-20(27)30-15(17)2/h3-10,29H,11-13H2,1-2H3,(H2,27,30)(H,28,32). The molecule has 0 spiro atoms. The molecule has 0 aliphatic rings. The molecule has 180 valence electrons. The van der Waals surface area contributed by atoms with Gasteiger partial charge in [0.2, 0.25) is 5.91 Å². The number of aromatic nitrogens is 2. The van der Waals surface area contributed by atoms with Crippen molar-refractivity contribution in [3.8, 4) is 5.75 Å². The molecule has 2 aromatic heterocycles. The predicted octanol–water partition coefficient (Wildman–Crippen LogP) is 2.94. The van der Waals surface area contributed by atoms with Gasteiger partial charge in [-0.2, -0.15) is 0 Å². The van der Waals surface area contributed by atoms with Crippen LogP contribution in [0.1, 0.15) is 27.9 Å². The Morgan fingerprint density at radius 2 is 1.91 bits per heavy atom. The molecule has 0 saturated carbocycles. The molecule has 8 nitrogen and oxygen atoms in total. The minimum Gasteiger partial charge on any atom is -0.406 e. The number of carbonyl (C=O) groups is 1. The number of ether oxygens (including phenoxy) is 1. The minimum atomic E-state index is -4.79. The Morgan fingerprint density at radius 1 is 1.15 bits per heavy atom. The molecule has 3 rings (SSSR count). The van der Waals surface area contributed by atoms with Crippen molar-refractivity contribution in [2.75, 3.05) is 11.2 Å². The largest absolute Gasteiger partial charge is 0.573 e. The van der Waals surface area contributed by atoms with Gasteiger partial charge in [0.05, 0.1) is 13.0 Å². The molecule has 0 aliphatic carbocycles. The lowest BCUT2D eigenvalue weighted by Crippen LogP contribution is -2.34.